The molecule has 4 N–H and O–H groups in total. The van der Waals surface area contributed by atoms with Gasteiger partial charge in [-0.25, -0.2) is 0 Å². The molecule has 0 aromatic rings. The Labute approximate surface area is 278 Å². The van der Waals surface area contributed by atoms with Crippen LogP contribution in [-0.2, 0) is 9.47 Å². The van der Waals surface area contributed by atoms with Crippen LogP contribution >= 0.6 is 0 Å². The normalized spacial score (nSPS) is 13.1. The first-order valence-corrected chi connectivity index (χ1v) is 20.5. The summed E-state index contributed by atoms with van der Waals surface area (Å²) in [6.45, 7) is 6.02. The van der Waals surface area contributed by atoms with Crippen LogP contribution in [0, 0.1) is 0 Å². The molecule has 0 radical (unpaired) electrons. The summed E-state index contributed by atoms with van der Waals surface area (Å²) in [6, 6.07) is 0. The van der Waals surface area contributed by atoms with E-state index in [1.807, 2.05) is 0 Å². The lowest BCUT2D eigenvalue weighted by Crippen LogP contribution is -2.33. The predicted molar refractivity (Wildman–Crippen MR) is 196 cm³/mol. The summed E-state index contributed by atoms with van der Waals surface area (Å²) in [5.74, 6) is 0. The van der Waals surface area contributed by atoms with E-state index in [1.54, 1.807) is 0 Å². The summed E-state index contributed by atoms with van der Waals surface area (Å²) in [5.41, 5.74) is 12.0. The Morgan fingerprint density at radius 3 is 1.02 bits per heavy atom. The molecule has 0 aromatic carbocycles. The van der Waals surface area contributed by atoms with Crippen molar-refractivity contribution in [2.45, 2.75) is 245 Å². The van der Waals surface area contributed by atoms with Crippen LogP contribution < -0.4 is 11.5 Å². The van der Waals surface area contributed by atoms with E-state index >= 15 is 0 Å². The first kappa shape index (κ1) is 43.8. The molecule has 4 heteroatoms. The largest absolute Gasteiger partial charge is 0.340 e. The second kappa shape index (κ2) is 39.0. The number of rotatable bonds is 39. The molecule has 0 aromatic heterocycles. The van der Waals surface area contributed by atoms with Gasteiger partial charge in [0.2, 0.25) is 6.41 Å². The highest BCUT2D eigenvalue weighted by Gasteiger charge is 2.14. The zero-order chi connectivity index (χ0) is 32.0. The average molecular weight is 625 g/mol. The molecule has 0 aliphatic heterocycles. The molecule has 0 aliphatic carbocycles. The maximum Gasteiger partial charge on any atom is 0.213 e. The third-order valence-corrected chi connectivity index (χ3v) is 9.47. The summed E-state index contributed by atoms with van der Waals surface area (Å²) in [4.78, 5) is 0. The average Bonchev–Trinajstić information content (AvgIpc) is 3.03. The SMILES string of the molecule is CCCCCCCCCCCCCCCCCCOC(N)OC(CCCN)CCCCCCCCCCCCCCCCC. The molecule has 0 amide bonds. The van der Waals surface area contributed by atoms with E-state index in [0.717, 1.165) is 25.7 Å². The zero-order valence-corrected chi connectivity index (χ0v) is 30.6. The predicted octanol–water partition coefficient (Wildman–Crippen LogP) is 12.9. The van der Waals surface area contributed by atoms with Crippen molar-refractivity contribution >= 4 is 0 Å². The molecule has 0 rings (SSSR count). The Bertz CT molecular complexity index is 504. The first-order valence-electron chi connectivity index (χ1n) is 20.5. The highest BCUT2D eigenvalue weighted by Crippen LogP contribution is 2.18. The number of hydrogen-bond donors (Lipinski definition) is 2. The number of hydrogen-bond acceptors (Lipinski definition) is 4. The van der Waals surface area contributed by atoms with Crippen molar-refractivity contribution in [1.29, 1.82) is 0 Å². The van der Waals surface area contributed by atoms with Crippen LogP contribution in [0.15, 0.2) is 0 Å². The Morgan fingerprint density at radius 1 is 0.386 bits per heavy atom. The second-order valence-electron chi connectivity index (χ2n) is 14.0. The van der Waals surface area contributed by atoms with E-state index in [0.29, 0.717) is 13.2 Å². The number of nitrogens with two attached hydrogens (primary N) is 2. The van der Waals surface area contributed by atoms with E-state index in [4.69, 9.17) is 20.9 Å². The Kier molecular flexibility index (Phi) is 38.9. The minimum Gasteiger partial charge on any atom is -0.340 e. The Morgan fingerprint density at radius 2 is 0.682 bits per heavy atom. The van der Waals surface area contributed by atoms with Gasteiger partial charge < -0.3 is 15.2 Å². The third kappa shape index (κ3) is 36.3. The maximum atomic E-state index is 6.19. The van der Waals surface area contributed by atoms with Gasteiger partial charge in [0.25, 0.3) is 0 Å². The van der Waals surface area contributed by atoms with Crippen molar-refractivity contribution in [1.82, 2.24) is 0 Å². The van der Waals surface area contributed by atoms with Crippen molar-refractivity contribution in [3.63, 3.8) is 0 Å². The monoisotopic (exact) mass is 625 g/mol. The fourth-order valence-corrected chi connectivity index (χ4v) is 6.45. The van der Waals surface area contributed by atoms with Crippen molar-refractivity contribution in [2.24, 2.45) is 11.5 Å². The lowest BCUT2D eigenvalue weighted by molar-refractivity contribution is -0.170. The molecular formula is C40H84N2O2. The minimum atomic E-state index is -0.592. The summed E-state index contributed by atoms with van der Waals surface area (Å²) in [7, 11) is 0. The van der Waals surface area contributed by atoms with Gasteiger partial charge in [-0.3, -0.25) is 5.73 Å². The maximum absolute atomic E-state index is 6.19. The van der Waals surface area contributed by atoms with Gasteiger partial charge >= 0.3 is 0 Å². The van der Waals surface area contributed by atoms with Crippen LogP contribution in [-0.4, -0.2) is 25.7 Å². The molecule has 44 heavy (non-hydrogen) atoms. The van der Waals surface area contributed by atoms with Crippen LogP contribution in [0.4, 0.5) is 0 Å². The molecule has 0 heterocycles. The van der Waals surface area contributed by atoms with E-state index in [-0.39, 0.29) is 6.10 Å². The lowest BCUT2D eigenvalue weighted by Gasteiger charge is -2.22. The molecule has 2 atom stereocenters. The van der Waals surface area contributed by atoms with Gasteiger partial charge in [-0.1, -0.05) is 206 Å². The van der Waals surface area contributed by atoms with Gasteiger partial charge in [-0.2, -0.15) is 0 Å². The van der Waals surface area contributed by atoms with Crippen LogP contribution in [0.5, 0.6) is 0 Å². The number of unbranched alkanes of at least 4 members (excludes halogenated alkanes) is 29. The van der Waals surface area contributed by atoms with Gasteiger partial charge in [0.15, 0.2) is 0 Å². The Balaban J connectivity index is 3.55. The van der Waals surface area contributed by atoms with Gasteiger partial charge in [-0.05, 0) is 32.2 Å². The van der Waals surface area contributed by atoms with E-state index in [1.165, 1.54) is 193 Å². The molecule has 266 valence electrons. The van der Waals surface area contributed by atoms with E-state index in [2.05, 4.69) is 13.8 Å². The molecule has 0 fully saturated rings. The van der Waals surface area contributed by atoms with Crippen LogP contribution in [0.2, 0.25) is 0 Å². The van der Waals surface area contributed by atoms with Crippen LogP contribution in [0.3, 0.4) is 0 Å². The molecule has 0 saturated carbocycles. The first-order chi connectivity index (χ1) is 21.7. The van der Waals surface area contributed by atoms with Crippen molar-refractivity contribution in [3.05, 3.63) is 0 Å². The van der Waals surface area contributed by atoms with Crippen molar-refractivity contribution < 1.29 is 9.47 Å². The second-order valence-corrected chi connectivity index (χ2v) is 14.0. The fraction of sp³-hybridized carbons (Fsp3) is 1.00. The summed E-state index contributed by atoms with van der Waals surface area (Å²) >= 11 is 0. The van der Waals surface area contributed by atoms with Crippen LogP contribution in [0.1, 0.15) is 232 Å². The minimum absolute atomic E-state index is 0.182. The molecule has 0 aliphatic rings. The fourth-order valence-electron chi connectivity index (χ4n) is 6.45. The highest BCUT2D eigenvalue weighted by molar-refractivity contribution is 4.61. The molecule has 4 nitrogen and oxygen atoms in total. The molecule has 0 spiro atoms. The van der Waals surface area contributed by atoms with Gasteiger partial charge in [0.05, 0.1) is 12.7 Å². The number of ether oxygens (including phenoxy) is 2. The van der Waals surface area contributed by atoms with E-state index in [9.17, 15) is 0 Å². The lowest BCUT2D eigenvalue weighted by atomic mass is 10.0. The Hall–Kier alpha value is -0.160. The topological polar surface area (TPSA) is 70.5 Å². The van der Waals surface area contributed by atoms with Gasteiger partial charge in [0.1, 0.15) is 0 Å². The molecule has 2 unspecified atom stereocenters. The quantitative estimate of drug-likeness (QED) is 0.0527. The van der Waals surface area contributed by atoms with E-state index < -0.39 is 6.41 Å². The summed E-state index contributed by atoms with van der Waals surface area (Å²) in [5, 5.41) is 0. The standard InChI is InChI=1S/C40H84N2O2/c1-3-5-7-9-11-13-15-17-19-21-23-25-27-29-31-33-38-43-40(42)44-39(36-34-37-41)35-32-30-28-26-24-22-20-18-16-14-12-10-8-6-4-2/h39-40H,3-38,41-42H2,1-2H3. The summed E-state index contributed by atoms with van der Waals surface area (Å²) in [6.07, 6.45) is 45.7. The molecule has 0 bridgehead atoms. The zero-order valence-electron chi connectivity index (χ0n) is 30.6. The van der Waals surface area contributed by atoms with Crippen LogP contribution in [0.25, 0.3) is 0 Å². The van der Waals surface area contributed by atoms with Crippen molar-refractivity contribution in [2.75, 3.05) is 13.2 Å². The summed E-state index contributed by atoms with van der Waals surface area (Å²) < 4.78 is 11.9. The highest BCUT2D eigenvalue weighted by atomic mass is 16.7. The van der Waals surface area contributed by atoms with Gasteiger partial charge in [-0.15, -0.1) is 0 Å². The molecular weight excluding hydrogens is 540 g/mol. The molecule has 0 saturated heterocycles. The van der Waals surface area contributed by atoms with Gasteiger partial charge in [0, 0.05) is 0 Å². The van der Waals surface area contributed by atoms with Crippen molar-refractivity contribution in [3.8, 4) is 0 Å². The smallest absolute Gasteiger partial charge is 0.213 e. The third-order valence-electron chi connectivity index (χ3n) is 9.47.